The first-order valence-corrected chi connectivity index (χ1v) is 15.1. The van der Waals surface area contributed by atoms with E-state index in [0.29, 0.717) is 44.9 Å². The van der Waals surface area contributed by atoms with Crippen LogP contribution in [0.25, 0.3) is 0 Å². The predicted molar refractivity (Wildman–Crippen MR) is 135 cm³/mol. The molecule has 1 N–H and O–H groups in total. The largest absolute Gasteiger partial charge is 0.469 e. The molecule has 218 valence electrons. The second kappa shape index (κ2) is 16.0. The van der Waals surface area contributed by atoms with Gasteiger partial charge in [-0.1, -0.05) is 19.8 Å². The van der Waals surface area contributed by atoms with Gasteiger partial charge in [0.2, 0.25) is 0 Å². The molecule has 0 aromatic heterocycles. The van der Waals surface area contributed by atoms with Crippen LogP contribution in [0.2, 0.25) is 0 Å². The second-order valence-corrected chi connectivity index (χ2v) is 11.9. The Morgan fingerprint density at radius 2 is 1.05 bits per heavy atom. The Bertz CT molecular complexity index is 893. The van der Waals surface area contributed by atoms with Crippen molar-refractivity contribution >= 4 is 34.0 Å². The maximum atomic E-state index is 12.6. The first-order valence-electron chi connectivity index (χ1n) is 13.6. The van der Waals surface area contributed by atoms with Crippen molar-refractivity contribution in [2.24, 2.45) is 23.7 Å². The van der Waals surface area contributed by atoms with Crippen LogP contribution in [0.4, 0.5) is 0 Å². The lowest BCUT2D eigenvalue weighted by Gasteiger charge is -2.31. The van der Waals surface area contributed by atoms with Gasteiger partial charge in [-0.2, -0.15) is 8.42 Å². The molecule has 0 aromatic carbocycles. The first kappa shape index (κ1) is 32.0. The van der Waals surface area contributed by atoms with Gasteiger partial charge in [-0.05, 0) is 64.2 Å². The molecule has 3 unspecified atom stereocenters. The summed E-state index contributed by atoms with van der Waals surface area (Å²) in [6, 6.07) is 0. The molecule has 2 aliphatic rings. The van der Waals surface area contributed by atoms with Crippen LogP contribution < -0.4 is 0 Å². The summed E-state index contributed by atoms with van der Waals surface area (Å²) in [5, 5.41) is -1.23. The van der Waals surface area contributed by atoms with Gasteiger partial charge in [0, 0.05) is 0 Å². The molecule has 2 saturated carbocycles. The van der Waals surface area contributed by atoms with E-state index in [9.17, 15) is 32.1 Å². The molecule has 0 bridgehead atoms. The monoisotopic (exact) mass is 562 g/mol. The SMILES string of the molecule is CCCCCOC(=O)C1CC(C(=O)OCCCCOC(=O)C2CCC(C(=O)OC)CC2)CC(S(=O)(=O)O)C1. The number of methoxy groups -OCH3 is 1. The third-order valence-corrected chi connectivity index (χ3v) is 8.59. The summed E-state index contributed by atoms with van der Waals surface area (Å²) in [7, 11) is -3.08. The summed E-state index contributed by atoms with van der Waals surface area (Å²) >= 11 is 0. The highest BCUT2D eigenvalue weighted by molar-refractivity contribution is 7.86. The van der Waals surface area contributed by atoms with E-state index in [2.05, 4.69) is 0 Å². The van der Waals surface area contributed by atoms with Crippen LogP contribution in [0.3, 0.4) is 0 Å². The van der Waals surface area contributed by atoms with Crippen molar-refractivity contribution in [1.82, 2.24) is 0 Å². The highest BCUT2D eigenvalue weighted by atomic mass is 32.2. The zero-order valence-electron chi connectivity index (χ0n) is 22.4. The lowest BCUT2D eigenvalue weighted by molar-refractivity contribution is -0.156. The number of carbonyl (C=O) groups excluding carboxylic acids is 4. The van der Waals surface area contributed by atoms with Crippen molar-refractivity contribution in [1.29, 1.82) is 0 Å². The van der Waals surface area contributed by atoms with E-state index in [1.54, 1.807) is 0 Å². The minimum absolute atomic E-state index is 0.0554. The summed E-state index contributed by atoms with van der Waals surface area (Å²) in [4.78, 5) is 48.9. The lowest BCUT2D eigenvalue weighted by atomic mass is 9.81. The molecule has 0 radical (unpaired) electrons. The number of unbranched alkanes of at least 4 members (excludes halogenated alkanes) is 3. The minimum atomic E-state index is -4.43. The lowest BCUT2D eigenvalue weighted by Crippen LogP contribution is -2.39. The summed E-state index contributed by atoms with van der Waals surface area (Å²) in [5.74, 6) is -3.78. The molecule has 2 rings (SSSR count). The molecule has 38 heavy (non-hydrogen) atoms. The van der Waals surface area contributed by atoms with Crippen LogP contribution in [-0.2, 0) is 48.2 Å². The van der Waals surface area contributed by atoms with Crippen molar-refractivity contribution in [2.45, 2.75) is 89.2 Å². The average molecular weight is 563 g/mol. The molecular formula is C26H42O11S. The highest BCUT2D eigenvalue weighted by Gasteiger charge is 2.42. The summed E-state index contributed by atoms with van der Waals surface area (Å²) in [5.41, 5.74) is 0. The maximum Gasteiger partial charge on any atom is 0.308 e. The van der Waals surface area contributed by atoms with E-state index in [1.165, 1.54) is 7.11 Å². The molecular weight excluding hydrogens is 520 g/mol. The average Bonchev–Trinajstić information content (AvgIpc) is 2.91. The van der Waals surface area contributed by atoms with E-state index >= 15 is 0 Å². The van der Waals surface area contributed by atoms with Gasteiger partial charge in [0.25, 0.3) is 10.1 Å². The number of esters is 4. The molecule has 2 fully saturated rings. The van der Waals surface area contributed by atoms with Crippen LogP contribution in [0.15, 0.2) is 0 Å². The highest BCUT2D eigenvalue weighted by Crippen LogP contribution is 2.34. The number of hydrogen-bond donors (Lipinski definition) is 1. The molecule has 2 aliphatic carbocycles. The fourth-order valence-corrected chi connectivity index (χ4v) is 6.01. The zero-order chi connectivity index (χ0) is 28.1. The van der Waals surface area contributed by atoms with Crippen molar-refractivity contribution in [3.05, 3.63) is 0 Å². The molecule has 12 heteroatoms. The minimum Gasteiger partial charge on any atom is -0.469 e. The Morgan fingerprint density at radius 3 is 1.45 bits per heavy atom. The first-order chi connectivity index (χ1) is 18.1. The van der Waals surface area contributed by atoms with Crippen LogP contribution in [0, 0.1) is 23.7 Å². The Kier molecular flexibility index (Phi) is 13.5. The van der Waals surface area contributed by atoms with E-state index in [-0.39, 0.29) is 62.9 Å². The topological polar surface area (TPSA) is 160 Å². The molecule has 3 atom stereocenters. The van der Waals surface area contributed by atoms with Gasteiger partial charge < -0.3 is 18.9 Å². The van der Waals surface area contributed by atoms with Crippen molar-refractivity contribution in [2.75, 3.05) is 26.9 Å². The maximum absolute atomic E-state index is 12.6. The Hall–Kier alpha value is -2.21. The quantitative estimate of drug-likeness (QED) is 0.143. The van der Waals surface area contributed by atoms with Gasteiger partial charge in [-0.25, -0.2) is 0 Å². The molecule has 0 aromatic rings. The fraction of sp³-hybridized carbons (Fsp3) is 0.846. The number of ether oxygens (including phenoxy) is 4. The molecule has 11 nitrogen and oxygen atoms in total. The van der Waals surface area contributed by atoms with Gasteiger partial charge in [0.1, 0.15) is 0 Å². The smallest absolute Gasteiger partial charge is 0.308 e. The van der Waals surface area contributed by atoms with Crippen LogP contribution in [-0.4, -0.2) is 69.0 Å². The predicted octanol–water partition coefficient (Wildman–Crippen LogP) is 3.24. The Morgan fingerprint density at radius 1 is 0.658 bits per heavy atom. The van der Waals surface area contributed by atoms with Gasteiger partial charge in [-0.3, -0.25) is 23.7 Å². The third kappa shape index (κ3) is 10.5. The molecule has 0 amide bonds. The van der Waals surface area contributed by atoms with Crippen molar-refractivity contribution < 1.29 is 51.1 Å². The normalized spacial score (nSPS) is 25.7. The van der Waals surface area contributed by atoms with Crippen LogP contribution in [0.1, 0.15) is 84.0 Å². The van der Waals surface area contributed by atoms with E-state index in [4.69, 9.17) is 18.9 Å². The van der Waals surface area contributed by atoms with E-state index in [0.717, 1.165) is 12.8 Å². The van der Waals surface area contributed by atoms with E-state index in [1.807, 2.05) is 6.92 Å². The number of rotatable bonds is 14. The molecule has 0 spiro atoms. The second-order valence-electron chi connectivity index (χ2n) is 10.2. The van der Waals surface area contributed by atoms with E-state index < -0.39 is 39.1 Å². The number of hydrogen-bond acceptors (Lipinski definition) is 10. The molecule has 0 aliphatic heterocycles. The Labute approximate surface area is 225 Å². The van der Waals surface area contributed by atoms with Gasteiger partial charge in [-0.15, -0.1) is 0 Å². The Balaban J connectivity index is 1.70. The van der Waals surface area contributed by atoms with Crippen molar-refractivity contribution in [3.63, 3.8) is 0 Å². The van der Waals surface area contributed by atoms with Crippen LogP contribution in [0.5, 0.6) is 0 Å². The standard InChI is InChI=1S/C26H42O11S/c1-3-4-5-12-36-25(29)20-15-21(17-22(16-20)38(31,32)33)26(30)37-14-7-6-13-35-24(28)19-10-8-18(9-11-19)23(27)34-2/h18-22H,3-17H2,1-2H3,(H,31,32,33). The van der Waals surface area contributed by atoms with Gasteiger partial charge in [0.15, 0.2) is 0 Å². The summed E-state index contributed by atoms with van der Waals surface area (Å²) in [6.07, 6.45) is 5.72. The summed E-state index contributed by atoms with van der Waals surface area (Å²) in [6.45, 7) is 2.48. The van der Waals surface area contributed by atoms with Crippen molar-refractivity contribution in [3.8, 4) is 0 Å². The van der Waals surface area contributed by atoms with Gasteiger partial charge in [0.05, 0.1) is 55.9 Å². The zero-order valence-corrected chi connectivity index (χ0v) is 23.2. The van der Waals surface area contributed by atoms with Gasteiger partial charge >= 0.3 is 23.9 Å². The van der Waals surface area contributed by atoms with Crippen LogP contribution >= 0.6 is 0 Å². The number of carbonyl (C=O) groups is 4. The fourth-order valence-electron chi connectivity index (χ4n) is 5.05. The molecule has 0 saturated heterocycles. The summed E-state index contributed by atoms with van der Waals surface area (Å²) < 4.78 is 53.7. The molecule has 0 heterocycles. The third-order valence-electron chi connectivity index (χ3n) is 7.37.